The summed E-state index contributed by atoms with van der Waals surface area (Å²) in [5.41, 5.74) is 3.07. The lowest BCUT2D eigenvalue weighted by atomic mass is 10.1. The van der Waals surface area contributed by atoms with E-state index in [1.165, 1.54) is 5.56 Å². The first-order chi connectivity index (χ1) is 13.7. The largest absolute Gasteiger partial charge is 0.444 e. The second-order valence-electron chi connectivity index (χ2n) is 7.01. The van der Waals surface area contributed by atoms with Gasteiger partial charge in [-0.05, 0) is 38.8 Å². The van der Waals surface area contributed by atoms with Gasteiger partial charge in [0.25, 0.3) is 0 Å². The highest BCUT2D eigenvalue weighted by Crippen LogP contribution is 2.28. The topological polar surface area (TPSA) is 91.6 Å². The van der Waals surface area contributed by atoms with Crippen molar-refractivity contribution in [3.8, 4) is 11.5 Å². The molecule has 29 heavy (non-hydrogen) atoms. The monoisotopic (exact) mass is 511 g/mol. The first-order valence-corrected chi connectivity index (χ1v) is 9.97. The van der Waals surface area contributed by atoms with E-state index >= 15 is 0 Å². The Labute approximate surface area is 189 Å². The normalized spacial score (nSPS) is 13.5. The molecule has 0 radical (unpaired) electrons. The summed E-state index contributed by atoms with van der Waals surface area (Å²) in [5, 5.41) is 9.39. The van der Waals surface area contributed by atoms with Crippen molar-refractivity contribution in [3.63, 3.8) is 0 Å². The third-order valence-corrected chi connectivity index (χ3v) is 4.50. The number of nitrogens with zero attached hydrogens (tertiary/aromatic N) is 2. The van der Waals surface area contributed by atoms with Crippen molar-refractivity contribution in [3.05, 3.63) is 41.8 Å². The van der Waals surface area contributed by atoms with Gasteiger partial charge in [-0.15, -0.1) is 24.0 Å². The molecule has 8 heteroatoms. The van der Waals surface area contributed by atoms with E-state index in [0.29, 0.717) is 31.9 Å². The highest BCUT2D eigenvalue weighted by Gasteiger charge is 2.28. The zero-order valence-corrected chi connectivity index (χ0v) is 19.4. The fraction of sp³-hybridized carbons (Fsp3) is 0.476. The number of amides is 1. The molecule has 1 aliphatic rings. The molecule has 0 saturated heterocycles. The number of carbonyl (C=O) groups is 1. The molecule has 1 aromatic heterocycles. The molecule has 7 nitrogen and oxygen atoms in total. The number of hydrogen-bond donors (Lipinski definition) is 3. The number of aliphatic imine (C=N–C) groups is 1. The number of guanidine groups is 1. The number of halogens is 1. The quantitative estimate of drug-likeness (QED) is 0.209. The number of benzene rings is 1. The van der Waals surface area contributed by atoms with Gasteiger partial charge in [-0.2, -0.15) is 0 Å². The second kappa shape index (κ2) is 11.8. The number of rotatable bonds is 9. The predicted octanol–water partition coefficient (Wildman–Crippen LogP) is 2.89. The van der Waals surface area contributed by atoms with E-state index in [1.54, 1.807) is 6.26 Å². The Hall–Kier alpha value is -2.10. The van der Waals surface area contributed by atoms with Crippen LogP contribution in [0.1, 0.15) is 31.0 Å². The maximum atomic E-state index is 11.6. The fourth-order valence-corrected chi connectivity index (χ4v) is 2.73. The summed E-state index contributed by atoms with van der Waals surface area (Å²) in [5.74, 6) is 1.79. The minimum absolute atomic E-state index is 0. The van der Waals surface area contributed by atoms with Gasteiger partial charge >= 0.3 is 0 Å². The Morgan fingerprint density at radius 2 is 1.90 bits per heavy atom. The second-order valence-corrected chi connectivity index (χ2v) is 7.01. The third kappa shape index (κ3) is 7.68. The van der Waals surface area contributed by atoms with Crippen LogP contribution in [0.4, 0.5) is 0 Å². The summed E-state index contributed by atoms with van der Waals surface area (Å²) in [6.07, 6.45) is 4.44. The average molecular weight is 511 g/mol. The molecule has 3 rings (SSSR count). The van der Waals surface area contributed by atoms with Crippen LogP contribution in [0.25, 0.3) is 11.5 Å². The molecule has 1 aromatic carbocycles. The summed E-state index contributed by atoms with van der Waals surface area (Å²) in [6.45, 7) is 6.71. The van der Waals surface area contributed by atoms with E-state index in [9.17, 15) is 4.79 Å². The average Bonchev–Trinajstić information content (AvgIpc) is 3.45. The number of hydrogen-bond acceptors (Lipinski definition) is 4. The van der Waals surface area contributed by atoms with Crippen molar-refractivity contribution in [1.29, 1.82) is 0 Å². The van der Waals surface area contributed by atoms with Crippen LogP contribution in [0.5, 0.6) is 0 Å². The Kier molecular flexibility index (Phi) is 9.43. The van der Waals surface area contributed by atoms with Gasteiger partial charge < -0.3 is 20.4 Å². The minimum atomic E-state index is 0. The van der Waals surface area contributed by atoms with Gasteiger partial charge in [0.05, 0.1) is 5.69 Å². The SMILES string of the molecule is CCNC(=NCCc1coc(-c2ccc(C)cc2)n1)NCCNC(=O)C1CC1.I. The highest BCUT2D eigenvalue weighted by atomic mass is 127. The first kappa shape index (κ1) is 23.2. The molecule has 2 aromatic rings. The smallest absolute Gasteiger partial charge is 0.226 e. The molecule has 0 aliphatic heterocycles. The number of nitrogens with one attached hydrogen (secondary N) is 3. The number of aromatic nitrogens is 1. The van der Waals surface area contributed by atoms with Crippen LogP contribution in [0.2, 0.25) is 0 Å². The Balaban J connectivity index is 0.00000300. The Morgan fingerprint density at radius 1 is 1.17 bits per heavy atom. The molecule has 0 atom stereocenters. The van der Waals surface area contributed by atoms with Crippen molar-refractivity contribution in [2.75, 3.05) is 26.2 Å². The number of carbonyl (C=O) groups excluding carboxylic acids is 1. The van der Waals surface area contributed by atoms with Crippen molar-refractivity contribution in [2.24, 2.45) is 10.9 Å². The van der Waals surface area contributed by atoms with Gasteiger partial charge in [-0.25, -0.2) is 4.98 Å². The van der Waals surface area contributed by atoms with Gasteiger partial charge in [0.1, 0.15) is 6.26 Å². The van der Waals surface area contributed by atoms with Crippen LogP contribution in [-0.2, 0) is 11.2 Å². The molecule has 158 valence electrons. The maximum Gasteiger partial charge on any atom is 0.226 e. The van der Waals surface area contributed by atoms with Gasteiger partial charge in [0.15, 0.2) is 5.96 Å². The molecule has 3 N–H and O–H groups in total. The van der Waals surface area contributed by atoms with Gasteiger partial charge in [0, 0.05) is 44.1 Å². The fourth-order valence-electron chi connectivity index (χ4n) is 2.73. The molecule has 0 bridgehead atoms. The third-order valence-electron chi connectivity index (χ3n) is 4.50. The summed E-state index contributed by atoms with van der Waals surface area (Å²) in [6, 6.07) is 8.12. The van der Waals surface area contributed by atoms with Crippen molar-refractivity contribution in [1.82, 2.24) is 20.9 Å². The van der Waals surface area contributed by atoms with Crippen LogP contribution < -0.4 is 16.0 Å². The summed E-state index contributed by atoms with van der Waals surface area (Å²) in [7, 11) is 0. The molecule has 0 unspecified atom stereocenters. The van der Waals surface area contributed by atoms with E-state index in [-0.39, 0.29) is 35.8 Å². The van der Waals surface area contributed by atoms with Crippen molar-refractivity contribution >= 4 is 35.8 Å². The van der Waals surface area contributed by atoms with E-state index in [1.807, 2.05) is 31.2 Å². The van der Waals surface area contributed by atoms with E-state index in [0.717, 1.165) is 36.6 Å². The number of oxazole rings is 1. The zero-order valence-electron chi connectivity index (χ0n) is 17.0. The van der Waals surface area contributed by atoms with Gasteiger partial charge in [-0.1, -0.05) is 17.7 Å². The summed E-state index contributed by atoms with van der Waals surface area (Å²) >= 11 is 0. The van der Waals surface area contributed by atoms with Crippen molar-refractivity contribution in [2.45, 2.75) is 33.1 Å². The van der Waals surface area contributed by atoms with Crippen LogP contribution in [0.3, 0.4) is 0 Å². The minimum Gasteiger partial charge on any atom is -0.444 e. The van der Waals surface area contributed by atoms with Crippen LogP contribution in [0, 0.1) is 12.8 Å². The molecular weight excluding hydrogens is 481 g/mol. The highest BCUT2D eigenvalue weighted by molar-refractivity contribution is 14.0. The molecule has 1 fully saturated rings. The van der Waals surface area contributed by atoms with Crippen LogP contribution in [0.15, 0.2) is 39.9 Å². The standard InChI is InChI=1S/C21H29N5O2.HI/c1-3-22-21(25-13-12-23-19(27)16-8-9-16)24-11-10-18-14-28-20(26-18)17-6-4-15(2)5-7-17;/h4-7,14,16H,3,8-13H2,1-2H3,(H,23,27)(H2,22,24,25);1H. The first-order valence-electron chi connectivity index (χ1n) is 9.97. The summed E-state index contributed by atoms with van der Waals surface area (Å²) < 4.78 is 5.59. The van der Waals surface area contributed by atoms with E-state index in [2.05, 4.69) is 32.9 Å². The molecule has 0 spiro atoms. The zero-order chi connectivity index (χ0) is 19.8. The van der Waals surface area contributed by atoms with Gasteiger partial charge in [-0.3, -0.25) is 9.79 Å². The molecular formula is C21H30IN5O2. The van der Waals surface area contributed by atoms with Gasteiger partial charge in [0.2, 0.25) is 11.8 Å². The Bertz CT molecular complexity index is 800. The van der Waals surface area contributed by atoms with Crippen LogP contribution in [-0.4, -0.2) is 43.0 Å². The molecule has 1 aliphatic carbocycles. The molecule has 1 heterocycles. The molecule has 1 amide bonds. The van der Waals surface area contributed by atoms with E-state index < -0.39 is 0 Å². The predicted molar refractivity (Wildman–Crippen MR) is 126 cm³/mol. The van der Waals surface area contributed by atoms with E-state index in [4.69, 9.17) is 4.42 Å². The lowest BCUT2D eigenvalue weighted by Crippen LogP contribution is -2.41. The summed E-state index contributed by atoms with van der Waals surface area (Å²) in [4.78, 5) is 20.7. The lowest BCUT2D eigenvalue weighted by molar-refractivity contribution is -0.122. The molecule has 1 saturated carbocycles. The van der Waals surface area contributed by atoms with Crippen LogP contribution >= 0.6 is 24.0 Å². The maximum absolute atomic E-state index is 11.6. The number of aryl methyl sites for hydroxylation is 1. The Morgan fingerprint density at radius 3 is 2.59 bits per heavy atom. The lowest BCUT2D eigenvalue weighted by Gasteiger charge is -2.11. The van der Waals surface area contributed by atoms with Crippen molar-refractivity contribution < 1.29 is 9.21 Å².